The Hall–Kier alpha value is -2.89. The first-order chi connectivity index (χ1) is 11.8. The number of imidazole rings is 1. The van der Waals surface area contributed by atoms with Crippen LogP contribution in [0.5, 0.6) is 0 Å². The molecule has 2 aromatic heterocycles. The van der Waals surface area contributed by atoms with E-state index in [9.17, 15) is 4.79 Å². The summed E-state index contributed by atoms with van der Waals surface area (Å²) in [4.78, 5) is 16.5. The number of aromatic nitrogens is 4. The van der Waals surface area contributed by atoms with E-state index in [1.807, 2.05) is 52.0 Å². The number of aryl methyl sites for hydroxylation is 1. The molecule has 0 fully saturated rings. The summed E-state index contributed by atoms with van der Waals surface area (Å²) in [5.41, 5.74) is 3.02. The van der Waals surface area contributed by atoms with Gasteiger partial charge in [0.25, 0.3) is 5.91 Å². The second kappa shape index (κ2) is 6.31. The molecule has 3 heterocycles. The highest BCUT2D eigenvalue weighted by atomic mass is 16.1. The lowest BCUT2D eigenvalue weighted by molar-refractivity contribution is 0.0930. The van der Waals surface area contributed by atoms with Gasteiger partial charge in [-0.1, -0.05) is 12.1 Å². The predicted octanol–water partition coefficient (Wildman–Crippen LogP) is 1.87. The Bertz CT molecular complexity index is 819. The van der Waals surface area contributed by atoms with Crippen molar-refractivity contribution in [3.05, 3.63) is 72.1 Å². The monoisotopic (exact) mass is 321 g/mol. The smallest absolute Gasteiger partial charge is 0.251 e. The van der Waals surface area contributed by atoms with Crippen LogP contribution in [-0.2, 0) is 19.5 Å². The third-order valence-electron chi connectivity index (χ3n) is 4.43. The number of benzene rings is 1. The van der Waals surface area contributed by atoms with E-state index in [1.165, 1.54) is 5.69 Å². The van der Waals surface area contributed by atoms with E-state index in [2.05, 4.69) is 15.4 Å². The average Bonchev–Trinajstić information content (AvgIpc) is 3.26. The van der Waals surface area contributed by atoms with Crippen molar-refractivity contribution >= 4 is 5.91 Å². The van der Waals surface area contributed by atoms with Crippen LogP contribution < -0.4 is 5.32 Å². The zero-order chi connectivity index (χ0) is 16.4. The molecule has 6 heteroatoms. The van der Waals surface area contributed by atoms with E-state index >= 15 is 0 Å². The normalized spacial score (nSPS) is 16.6. The number of nitrogens with one attached hydrogen (secondary N) is 1. The minimum absolute atomic E-state index is 0.0119. The van der Waals surface area contributed by atoms with Crippen LogP contribution >= 0.6 is 0 Å². The van der Waals surface area contributed by atoms with Crippen molar-refractivity contribution < 1.29 is 4.79 Å². The number of amides is 1. The van der Waals surface area contributed by atoms with Crippen LogP contribution in [0.15, 0.2) is 55.2 Å². The number of hydrogen-bond donors (Lipinski definition) is 1. The van der Waals surface area contributed by atoms with Gasteiger partial charge in [-0.3, -0.25) is 9.48 Å². The Balaban J connectivity index is 1.38. The average molecular weight is 321 g/mol. The maximum Gasteiger partial charge on any atom is 0.251 e. The zero-order valence-corrected chi connectivity index (χ0v) is 13.3. The van der Waals surface area contributed by atoms with Gasteiger partial charge in [0, 0.05) is 55.4 Å². The van der Waals surface area contributed by atoms with Gasteiger partial charge in [-0.05, 0) is 30.2 Å². The van der Waals surface area contributed by atoms with E-state index in [-0.39, 0.29) is 11.9 Å². The standard InChI is InChI=1S/C18H19N5O/c24-18(21-16-6-9-23-17(11-16)5-7-20-23)15-3-1-14(2-4-15)12-22-10-8-19-13-22/h1-5,7-8,10,13,16H,6,9,11-12H2,(H,21,24)/t16-/m1/s1. The van der Waals surface area contributed by atoms with E-state index < -0.39 is 0 Å². The van der Waals surface area contributed by atoms with Crippen molar-refractivity contribution in [3.8, 4) is 0 Å². The highest BCUT2D eigenvalue weighted by Crippen LogP contribution is 2.14. The first-order valence-electron chi connectivity index (χ1n) is 8.14. The van der Waals surface area contributed by atoms with Crippen molar-refractivity contribution in [3.63, 3.8) is 0 Å². The Morgan fingerprint density at radius 2 is 2.08 bits per heavy atom. The summed E-state index contributed by atoms with van der Waals surface area (Å²) in [6.07, 6.45) is 9.04. The van der Waals surface area contributed by atoms with Gasteiger partial charge in [0.15, 0.2) is 0 Å². The van der Waals surface area contributed by atoms with Crippen LogP contribution in [0.1, 0.15) is 28.0 Å². The van der Waals surface area contributed by atoms with Crippen LogP contribution in [0, 0.1) is 0 Å². The van der Waals surface area contributed by atoms with Crippen LogP contribution in [0.3, 0.4) is 0 Å². The van der Waals surface area contributed by atoms with E-state index in [4.69, 9.17) is 0 Å². The molecule has 1 aliphatic heterocycles. The quantitative estimate of drug-likeness (QED) is 0.798. The highest BCUT2D eigenvalue weighted by Gasteiger charge is 2.20. The molecule has 0 bridgehead atoms. The van der Waals surface area contributed by atoms with Gasteiger partial charge in [0.2, 0.25) is 0 Å². The van der Waals surface area contributed by atoms with Gasteiger partial charge in [0.1, 0.15) is 0 Å². The minimum atomic E-state index is -0.0119. The summed E-state index contributed by atoms with van der Waals surface area (Å²) < 4.78 is 4.01. The maximum atomic E-state index is 12.4. The number of rotatable bonds is 4. The second-order valence-corrected chi connectivity index (χ2v) is 6.14. The van der Waals surface area contributed by atoms with Gasteiger partial charge in [0.05, 0.1) is 6.33 Å². The lowest BCUT2D eigenvalue weighted by Crippen LogP contribution is -2.40. The van der Waals surface area contributed by atoms with Crippen molar-refractivity contribution in [2.75, 3.05) is 0 Å². The molecule has 3 aromatic rings. The summed E-state index contributed by atoms with van der Waals surface area (Å²) in [5, 5.41) is 7.40. The number of hydrogen-bond acceptors (Lipinski definition) is 3. The Labute approximate surface area is 140 Å². The van der Waals surface area contributed by atoms with Gasteiger partial charge in [-0.15, -0.1) is 0 Å². The van der Waals surface area contributed by atoms with E-state index in [0.717, 1.165) is 31.5 Å². The maximum absolute atomic E-state index is 12.4. The topological polar surface area (TPSA) is 64.7 Å². The molecule has 0 radical (unpaired) electrons. The summed E-state index contributed by atoms with van der Waals surface area (Å²) in [6.45, 7) is 1.62. The molecule has 0 unspecified atom stereocenters. The van der Waals surface area contributed by atoms with Crippen LogP contribution in [0.25, 0.3) is 0 Å². The molecule has 6 nitrogen and oxygen atoms in total. The number of fused-ring (bicyclic) bond motifs is 1. The largest absolute Gasteiger partial charge is 0.349 e. The Morgan fingerprint density at radius 1 is 1.21 bits per heavy atom. The summed E-state index contributed by atoms with van der Waals surface area (Å²) in [7, 11) is 0. The zero-order valence-electron chi connectivity index (χ0n) is 13.3. The molecule has 1 N–H and O–H groups in total. The van der Waals surface area contributed by atoms with Gasteiger partial charge in [-0.2, -0.15) is 5.10 Å². The lowest BCUT2D eigenvalue weighted by Gasteiger charge is -2.24. The fraction of sp³-hybridized carbons (Fsp3) is 0.278. The third kappa shape index (κ3) is 3.08. The van der Waals surface area contributed by atoms with Gasteiger partial charge < -0.3 is 9.88 Å². The van der Waals surface area contributed by atoms with Gasteiger partial charge in [-0.25, -0.2) is 4.98 Å². The summed E-state index contributed by atoms with van der Waals surface area (Å²) >= 11 is 0. The highest BCUT2D eigenvalue weighted by molar-refractivity contribution is 5.94. The van der Waals surface area contributed by atoms with Crippen molar-refractivity contribution in [2.24, 2.45) is 0 Å². The molecule has 1 aromatic carbocycles. The molecule has 0 saturated heterocycles. The first kappa shape index (κ1) is 14.7. The van der Waals surface area contributed by atoms with Crippen LogP contribution in [-0.4, -0.2) is 31.3 Å². The molecule has 1 amide bonds. The third-order valence-corrected chi connectivity index (χ3v) is 4.43. The second-order valence-electron chi connectivity index (χ2n) is 6.14. The Kier molecular flexibility index (Phi) is 3.86. The minimum Gasteiger partial charge on any atom is -0.349 e. The molecule has 0 saturated carbocycles. The molecule has 122 valence electrons. The molecule has 1 atom stereocenters. The molecule has 4 rings (SSSR count). The number of nitrogens with zero attached hydrogens (tertiary/aromatic N) is 4. The van der Waals surface area contributed by atoms with E-state index in [1.54, 1.807) is 12.5 Å². The lowest BCUT2D eigenvalue weighted by atomic mass is 10.0. The summed E-state index contributed by atoms with van der Waals surface area (Å²) in [5.74, 6) is -0.0119. The van der Waals surface area contributed by atoms with Crippen molar-refractivity contribution in [1.82, 2.24) is 24.6 Å². The number of carbonyl (C=O) groups excluding carboxylic acids is 1. The molecule has 24 heavy (non-hydrogen) atoms. The molecule has 0 spiro atoms. The summed E-state index contributed by atoms with van der Waals surface area (Å²) in [6, 6.07) is 9.94. The van der Waals surface area contributed by atoms with Crippen molar-refractivity contribution in [2.45, 2.75) is 32.0 Å². The van der Waals surface area contributed by atoms with Crippen molar-refractivity contribution in [1.29, 1.82) is 0 Å². The first-order valence-corrected chi connectivity index (χ1v) is 8.14. The fourth-order valence-corrected chi connectivity index (χ4v) is 3.11. The molecular weight excluding hydrogens is 302 g/mol. The van der Waals surface area contributed by atoms with E-state index in [0.29, 0.717) is 5.56 Å². The van der Waals surface area contributed by atoms with Crippen LogP contribution in [0.4, 0.5) is 0 Å². The number of carbonyl (C=O) groups is 1. The molecular formula is C18H19N5O. The van der Waals surface area contributed by atoms with Gasteiger partial charge >= 0.3 is 0 Å². The van der Waals surface area contributed by atoms with Crippen LogP contribution in [0.2, 0.25) is 0 Å². The molecule has 0 aliphatic carbocycles. The fourth-order valence-electron chi connectivity index (χ4n) is 3.11. The Morgan fingerprint density at radius 3 is 2.88 bits per heavy atom. The predicted molar refractivity (Wildman–Crippen MR) is 89.6 cm³/mol. The molecule has 1 aliphatic rings. The SMILES string of the molecule is O=C(N[C@@H]1CCn2nccc2C1)c1ccc(Cn2ccnc2)cc1.